The molecule has 2 amide bonds. The zero-order valence-electron chi connectivity index (χ0n) is 18.5. The number of likely N-dealkylation sites (N-methyl/N-ethyl adjacent to an activating group) is 1. The maximum absolute atomic E-state index is 14.5. The number of hydrazine groups is 1. The quantitative estimate of drug-likeness (QED) is 0.518. The summed E-state index contributed by atoms with van der Waals surface area (Å²) in [5.74, 6) is -0.372. The first-order valence-corrected chi connectivity index (χ1v) is 10.5. The number of amides is 2. The number of nitrogens with zero attached hydrogens (tertiary/aromatic N) is 4. The molecule has 1 N–H and O–H groups in total. The molecule has 0 aliphatic carbocycles. The number of aryl methyl sites for hydroxylation is 1. The van der Waals surface area contributed by atoms with Gasteiger partial charge in [0.25, 0.3) is 0 Å². The minimum Gasteiger partial charge on any atom is -0.341 e. The molecular weight excluding hydrogens is 397 g/mol. The summed E-state index contributed by atoms with van der Waals surface area (Å²) in [5, 5.41) is 1.12. The number of pyridine rings is 1. The third-order valence-corrected chi connectivity index (χ3v) is 5.58. The van der Waals surface area contributed by atoms with Gasteiger partial charge in [-0.1, -0.05) is 19.9 Å². The number of likely N-dealkylation sites (tertiary alicyclic amines) is 1. The van der Waals surface area contributed by atoms with Crippen molar-refractivity contribution in [2.24, 2.45) is 5.92 Å². The van der Waals surface area contributed by atoms with Gasteiger partial charge in [0.1, 0.15) is 11.5 Å². The lowest BCUT2D eigenvalue weighted by Gasteiger charge is -2.27. The number of nitrogens with one attached hydrogen (secondary N) is 1. The Kier molecular flexibility index (Phi) is 7.22. The molecule has 1 aromatic carbocycles. The van der Waals surface area contributed by atoms with E-state index in [1.165, 1.54) is 6.07 Å². The van der Waals surface area contributed by atoms with E-state index in [-0.39, 0.29) is 23.6 Å². The normalized spacial score (nSPS) is 16.4. The van der Waals surface area contributed by atoms with E-state index in [0.717, 1.165) is 35.8 Å². The predicted molar refractivity (Wildman–Crippen MR) is 119 cm³/mol. The topological polar surface area (TPSA) is 68.8 Å². The highest BCUT2D eigenvalue weighted by molar-refractivity contribution is 5.79. The van der Waals surface area contributed by atoms with Crippen molar-refractivity contribution in [2.45, 2.75) is 39.8 Å². The molecule has 0 radical (unpaired) electrons. The van der Waals surface area contributed by atoms with Crippen LogP contribution in [0.15, 0.2) is 36.5 Å². The summed E-state index contributed by atoms with van der Waals surface area (Å²) >= 11 is 0. The Morgan fingerprint density at radius 1 is 1.35 bits per heavy atom. The summed E-state index contributed by atoms with van der Waals surface area (Å²) in [6.45, 7) is 7.93. The van der Waals surface area contributed by atoms with E-state index >= 15 is 0 Å². The Morgan fingerprint density at radius 2 is 2.13 bits per heavy atom. The van der Waals surface area contributed by atoms with Crippen molar-refractivity contribution in [3.63, 3.8) is 0 Å². The molecule has 0 bridgehead atoms. The first-order chi connectivity index (χ1) is 14.8. The number of halogens is 1. The zero-order chi connectivity index (χ0) is 22.5. The third kappa shape index (κ3) is 5.58. The number of rotatable bonds is 8. The first kappa shape index (κ1) is 22.7. The highest BCUT2D eigenvalue weighted by Crippen LogP contribution is 2.24. The molecule has 1 atom stereocenters. The van der Waals surface area contributed by atoms with Crippen molar-refractivity contribution < 1.29 is 14.0 Å². The molecule has 0 spiro atoms. The lowest BCUT2D eigenvalue weighted by atomic mass is 10.1. The lowest BCUT2D eigenvalue weighted by molar-refractivity contribution is -0.135. The van der Waals surface area contributed by atoms with Crippen LogP contribution < -0.4 is 10.4 Å². The Labute approximate surface area is 182 Å². The van der Waals surface area contributed by atoms with Crippen LogP contribution in [-0.4, -0.2) is 53.3 Å². The average molecular weight is 428 g/mol. The second-order valence-corrected chi connectivity index (χ2v) is 8.34. The number of hydrogen-bond donors (Lipinski definition) is 1. The molecule has 1 aromatic heterocycles. The average Bonchev–Trinajstić information content (AvgIpc) is 3.22. The molecule has 0 saturated carbocycles. The predicted octanol–water partition coefficient (Wildman–Crippen LogP) is 3.21. The van der Waals surface area contributed by atoms with Crippen molar-refractivity contribution in [1.82, 2.24) is 14.8 Å². The van der Waals surface area contributed by atoms with Gasteiger partial charge in [0.05, 0.1) is 11.9 Å². The molecule has 166 valence electrons. The van der Waals surface area contributed by atoms with Crippen molar-refractivity contribution >= 4 is 23.7 Å². The van der Waals surface area contributed by atoms with Crippen LogP contribution in [0.1, 0.15) is 31.5 Å². The lowest BCUT2D eigenvalue weighted by Crippen LogP contribution is -2.41. The van der Waals surface area contributed by atoms with Gasteiger partial charge >= 0.3 is 0 Å². The van der Waals surface area contributed by atoms with E-state index in [4.69, 9.17) is 0 Å². The van der Waals surface area contributed by atoms with Gasteiger partial charge in [0, 0.05) is 44.3 Å². The summed E-state index contributed by atoms with van der Waals surface area (Å²) in [6.07, 6.45) is 3.04. The molecule has 8 heteroatoms. The largest absolute Gasteiger partial charge is 0.341 e. The van der Waals surface area contributed by atoms with Crippen LogP contribution in [0.25, 0.3) is 0 Å². The number of benzene rings is 1. The SMILES string of the molecule is Cc1ccc(NN(C=O)c2cc(CN3CC[C@@H](N(C)C(=O)C(C)C)C3)ccc2F)cn1. The van der Waals surface area contributed by atoms with E-state index < -0.39 is 5.82 Å². The monoisotopic (exact) mass is 427 g/mol. The van der Waals surface area contributed by atoms with Crippen molar-refractivity contribution in [2.75, 3.05) is 30.6 Å². The van der Waals surface area contributed by atoms with Crippen LogP contribution >= 0.6 is 0 Å². The van der Waals surface area contributed by atoms with Gasteiger partial charge in [0.2, 0.25) is 12.3 Å². The van der Waals surface area contributed by atoms with Crippen molar-refractivity contribution in [3.8, 4) is 0 Å². The maximum atomic E-state index is 14.5. The maximum Gasteiger partial charge on any atom is 0.232 e. The van der Waals surface area contributed by atoms with Crippen LogP contribution in [0.5, 0.6) is 0 Å². The molecule has 0 unspecified atom stereocenters. The van der Waals surface area contributed by atoms with E-state index in [9.17, 15) is 14.0 Å². The molecule has 1 aliphatic heterocycles. The molecule has 2 heterocycles. The Balaban J connectivity index is 1.68. The van der Waals surface area contributed by atoms with Gasteiger partial charge < -0.3 is 4.90 Å². The smallest absolute Gasteiger partial charge is 0.232 e. The Bertz CT molecular complexity index is 919. The fraction of sp³-hybridized carbons (Fsp3) is 0.435. The second kappa shape index (κ2) is 9.87. The van der Waals surface area contributed by atoms with Crippen LogP contribution in [0, 0.1) is 18.7 Å². The Morgan fingerprint density at radius 3 is 2.77 bits per heavy atom. The standard InChI is InChI=1S/C23H30FN5O2/c1-16(2)23(31)27(4)20-9-10-28(14-20)13-18-6-8-21(24)22(11-18)29(15-30)26-19-7-5-17(3)25-12-19/h5-8,11-12,15-16,20,26H,9-10,13-14H2,1-4H3/t20-/m1/s1. The molecule has 3 rings (SSSR count). The van der Waals surface area contributed by atoms with Crippen LogP contribution in [0.3, 0.4) is 0 Å². The van der Waals surface area contributed by atoms with Gasteiger partial charge in [0.15, 0.2) is 0 Å². The van der Waals surface area contributed by atoms with Crippen LogP contribution in [0.2, 0.25) is 0 Å². The summed E-state index contributed by atoms with van der Waals surface area (Å²) in [7, 11) is 1.86. The molecule has 1 saturated heterocycles. The highest BCUT2D eigenvalue weighted by Gasteiger charge is 2.29. The van der Waals surface area contributed by atoms with Crippen molar-refractivity contribution in [3.05, 3.63) is 53.6 Å². The number of carbonyl (C=O) groups is 2. The molecular formula is C23H30FN5O2. The molecule has 7 nitrogen and oxygen atoms in total. The summed E-state index contributed by atoms with van der Waals surface area (Å²) in [4.78, 5) is 32.2. The van der Waals surface area contributed by atoms with E-state index in [2.05, 4.69) is 15.3 Å². The molecule has 2 aromatic rings. The van der Waals surface area contributed by atoms with Gasteiger partial charge in [-0.15, -0.1) is 0 Å². The molecule has 1 fully saturated rings. The van der Waals surface area contributed by atoms with Crippen LogP contribution in [0.4, 0.5) is 15.8 Å². The van der Waals surface area contributed by atoms with Gasteiger partial charge in [-0.3, -0.25) is 24.9 Å². The fourth-order valence-corrected chi connectivity index (χ4v) is 3.77. The minimum atomic E-state index is -0.495. The number of anilines is 2. The van der Waals surface area contributed by atoms with Crippen molar-refractivity contribution in [1.29, 1.82) is 0 Å². The zero-order valence-corrected chi connectivity index (χ0v) is 18.5. The number of hydrogen-bond acceptors (Lipinski definition) is 5. The Hall–Kier alpha value is -3.00. The van der Waals surface area contributed by atoms with E-state index in [0.29, 0.717) is 18.6 Å². The van der Waals surface area contributed by atoms with Gasteiger partial charge in [-0.2, -0.15) is 0 Å². The second-order valence-electron chi connectivity index (χ2n) is 8.34. The van der Waals surface area contributed by atoms with E-state index in [1.54, 1.807) is 24.4 Å². The summed E-state index contributed by atoms with van der Waals surface area (Å²) < 4.78 is 14.5. The summed E-state index contributed by atoms with van der Waals surface area (Å²) in [6, 6.07) is 8.54. The molecule has 1 aliphatic rings. The van der Waals surface area contributed by atoms with Crippen LogP contribution in [-0.2, 0) is 16.1 Å². The summed E-state index contributed by atoms with van der Waals surface area (Å²) in [5.41, 5.74) is 5.36. The van der Waals surface area contributed by atoms with Gasteiger partial charge in [-0.05, 0) is 43.2 Å². The minimum absolute atomic E-state index is 0.0238. The number of aromatic nitrogens is 1. The fourth-order valence-electron chi connectivity index (χ4n) is 3.77. The van der Waals surface area contributed by atoms with Gasteiger partial charge in [-0.25, -0.2) is 9.40 Å². The number of carbonyl (C=O) groups excluding carboxylic acids is 2. The highest BCUT2D eigenvalue weighted by atomic mass is 19.1. The van der Waals surface area contributed by atoms with E-state index in [1.807, 2.05) is 38.8 Å². The first-order valence-electron chi connectivity index (χ1n) is 10.5. The molecule has 31 heavy (non-hydrogen) atoms. The third-order valence-electron chi connectivity index (χ3n) is 5.58.